The molecule has 6 nitrogen and oxygen atoms in total. The number of amides is 1. The zero-order valence-electron chi connectivity index (χ0n) is 15.7. The summed E-state index contributed by atoms with van der Waals surface area (Å²) in [6.07, 6.45) is 3.84. The number of H-pyrrole nitrogens is 1. The van der Waals surface area contributed by atoms with Gasteiger partial charge in [-0.3, -0.25) is 9.59 Å². The highest BCUT2D eigenvalue weighted by Crippen LogP contribution is 2.19. The van der Waals surface area contributed by atoms with Crippen LogP contribution in [-0.2, 0) is 11.2 Å². The van der Waals surface area contributed by atoms with Gasteiger partial charge < -0.3 is 15.0 Å². The first-order valence-electron chi connectivity index (χ1n) is 8.91. The monoisotopic (exact) mass is 375 g/mol. The molecule has 0 spiro atoms. The number of nitrogens with zero attached hydrogens (tertiary/aromatic N) is 1. The van der Waals surface area contributed by atoms with E-state index in [1.165, 1.54) is 12.1 Å². The van der Waals surface area contributed by atoms with Crippen LogP contribution in [0.5, 0.6) is 5.75 Å². The molecule has 0 atom stereocenters. The van der Waals surface area contributed by atoms with E-state index in [2.05, 4.69) is 15.3 Å². The Labute approximate surface area is 162 Å². The SMILES string of the molecule is CCc1cc(=O)[nH]c(-c2cccc(NC(=O)/C=C/c3cccc(OC)c3)c2)n1. The van der Waals surface area contributed by atoms with E-state index in [9.17, 15) is 9.59 Å². The normalized spacial score (nSPS) is 10.8. The molecule has 1 aromatic heterocycles. The predicted octanol–water partition coefficient (Wildman–Crippen LogP) is 3.66. The van der Waals surface area contributed by atoms with Crippen LogP contribution < -0.4 is 15.6 Å². The molecule has 0 saturated carbocycles. The molecule has 0 radical (unpaired) electrons. The van der Waals surface area contributed by atoms with Gasteiger partial charge >= 0.3 is 0 Å². The first-order valence-corrected chi connectivity index (χ1v) is 8.91. The van der Waals surface area contributed by atoms with Crippen LogP contribution >= 0.6 is 0 Å². The van der Waals surface area contributed by atoms with Crippen LogP contribution in [0.3, 0.4) is 0 Å². The van der Waals surface area contributed by atoms with Crippen molar-refractivity contribution in [1.82, 2.24) is 9.97 Å². The van der Waals surface area contributed by atoms with Crippen LogP contribution in [0.25, 0.3) is 17.5 Å². The van der Waals surface area contributed by atoms with Gasteiger partial charge in [-0.15, -0.1) is 0 Å². The second-order valence-electron chi connectivity index (χ2n) is 6.12. The van der Waals surface area contributed by atoms with Crippen LogP contribution in [0.15, 0.2) is 65.5 Å². The van der Waals surface area contributed by atoms with Gasteiger partial charge in [-0.1, -0.05) is 31.2 Å². The van der Waals surface area contributed by atoms with Crippen LogP contribution in [0.1, 0.15) is 18.2 Å². The maximum atomic E-state index is 12.2. The Bertz CT molecular complexity index is 1070. The Morgan fingerprint density at radius 1 is 1.18 bits per heavy atom. The quantitative estimate of drug-likeness (QED) is 0.644. The number of carbonyl (C=O) groups is 1. The van der Waals surface area contributed by atoms with Gasteiger partial charge in [0.05, 0.1) is 7.11 Å². The molecule has 0 bridgehead atoms. The number of carbonyl (C=O) groups excluding carboxylic acids is 1. The van der Waals surface area contributed by atoms with Crippen molar-refractivity contribution in [3.05, 3.63) is 82.3 Å². The Morgan fingerprint density at radius 2 is 2.00 bits per heavy atom. The molecule has 2 N–H and O–H groups in total. The minimum absolute atomic E-state index is 0.197. The fourth-order valence-electron chi connectivity index (χ4n) is 2.67. The summed E-state index contributed by atoms with van der Waals surface area (Å²) >= 11 is 0. The Morgan fingerprint density at radius 3 is 2.79 bits per heavy atom. The van der Waals surface area contributed by atoms with Gasteiger partial charge in [0.1, 0.15) is 11.6 Å². The first kappa shape index (κ1) is 19.1. The lowest BCUT2D eigenvalue weighted by atomic mass is 10.1. The lowest BCUT2D eigenvalue weighted by molar-refractivity contribution is -0.111. The maximum Gasteiger partial charge on any atom is 0.251 e. The Balaban J connectivity index is 1.75. The lowest BCUT2D eigenvalue weighted by Gasteiger charge is -2.07. The maximum absolute atomic E-state index is 12.2. The number of methoxy groups -OCH3 is 1. The number of hydrogen-bond acceptors (Lipinski definition) is 4. The zero-order valence-corrected chi connectivity index (χ0v) is 15.7. The van der Waals surface area contributed by atoms with Gasteiger partial charge in [-0.2, -0.15) is 0 Å². The van der Waals surface area contributed by atoms with E-state index in [0.29, 0.717) is 17.9 Å². The fourth-order valence-corrected chi connectivity index (χ4v) is 2.67. The first-order chi connectivity index (χ1) is 13.6. The van der Waals surface area contributed by atoms with Gasteiger partial charge in [0.15, 0.2) is 0 Å². The summed E-state index contributed by atoms with van der Waals surface area (Å²) in [7, 11) is 1.60. The summed E-state index contributed by atoms with van der Waals surface area (Å²) in [5.74, 6) is 0.946. The third kappa shape index (κ3) is 4.94. The molecular formula is C22H21N3O3. The zero-order chi connectivity index (χ0) is 19.9. The number of rotatable bonds is 6. The van der Waals surface area contributed by atoms with E-state index < -0.39 is 0 Å². The topological polar surface area (TPSA) is 84.1 Å². The van der Waals surface area contributed by atoms with Crippen LogP contribution in [0.4, 0.5) is 5.69 Å². The van der Waals surface area contributed by atoms with Crippen molar-refractivity contribution < 1.29 is 9.53 Å². The molecular weight excluding hydrogens is 354 g/mol. The van der Waals surface area contributed by atoms with Gasteiger partial charge in [0.25, 0.3) is 5.56 Å². The van der Waals surface area contributed by atoms with E-state index in [4.69, 9.17) is 4.74 Å². The van der Waals surface area contributed by atoms with E-state index in [1.807, 2.05) is 37.3 Å². The number of anilines is 1. The molecule has 2 aromatic carbocycles. The van der Waals surface area contributed by atoms with Crippen LogP contribution in [0.2, 0.25) is 0 Å². The van der Waals surface area contributed by atoms with Crippen molar-refractivity contribution in [2.75, 3.05) is 12.4 Å². The molecule has 0 unspecified atom stereocenters. The lowest BCUT2D eigenvalue weighted by Crippen LogP contribution is -2.10. The molecule has 0 saturated heterocycles. The molecule has 142 valence electrons. The van der Waals surface area contributed by atoms with Crippen molar-refractivity contribution in [3.63, 3.8) is 0 Å². The minimum Gasteiger partial charge on any atom is -0.497 e. The second-order valence-corrected chi connectivity index (χ2v) is 6.12. The van der Waals surface area contributed by atoms with Crippen LogP contribution in [-0.4, -0.2) is 23.0 Å². The molecule has 0 aliphatic carbocycles. The molecule has 3 aromatic rings. The molecule has 6 heteroatoms. The largest absolute Gasteiger partial charge is 0.497 e. The second kappa shape index (κ2) is 8.81. The number of hydrogen-bond donors (Lipinski definition) is 2. The van der Waals surface area contributed by atoms with E-state index in [0.717, 1.165) is 22.6 Å². The highest BCUT2D eigenvalue weighted by Gasteiger charge is 2.05. The van der Waals surface area contributed by atoms with E-state index >= 15 is 0 Å². The molecule has 1 heterocycles. The van der Waals surface area contributed by atoms with Gasteiger partial charge in [0, 0.05) is 29.1 Å². The van der Waals surface area contributed by atoms with Gasteiger partial charge in [0.2, 0.25) is 5.91 Å². The highest BCUT2D eigenvalue weighted by molar-refractivity contribution is 6.02. The van der Waals surface area contributed by atoms with Crippen LogP contribution in [0, 0.1) is 0 Å². The Kier molecular flexibility index (Phi) is 6.01. The summed E-state index contributed by atoms with van der Waals surface area (Å²) in [6.45, 7) is 1.94. The fraction of sp³-hybridized carbons (Fsp3) is 0.136. The number of aromatic amines is 1. The third-order valence-electron chi connectivity index (χ3n) is 4.08. The number of aryl methyl sites for hydroxylation is 1. The van der Waals surface area contributed by atoms with Crippen molar-refractivity contribution in [3.8, 4) is 17.1 Å². The predicted molar refractivity (Wildman–Crippen MR) is 110 cm³/mol. The highest BCUT2D eigenvalue weighted by atomic mass is 16.5. The molecule has 1 amide bonds. The van der Waals surface area contributed by atoms with Crippen molar-refractivity contribution in [2.24, 2.45) is 0 Å². The molecule has 0 aliphatic rings. The number of benzene rings is 2. The standard InChI is InChI=1S/C22H21N3O3/c1-3-17-14-21(27)25-22(24-17)16-7-5-8-18(13-16)23-20(26)11-10-15-6-4-9-19(12-15)28-2/h4-14H,3H2,1-2H3,(H,23,26)(H,24,25,27)/b11-10+. The smallest absolute Gasteiger partial charge is 0.251 e. The average molecular weight is 375 g/mol. The number of ether oxygens (including phenoxy) is 1. The summed E-state index contributed by atoms with van der Waals surface area (Å²) < 4.78 is 5.17. The molecule has 0 fully saturated rings. The average Bonchev–Trinajstić information content (AvgIpc) is 2.72. The molecule has 28 heavy (non-hydrogen) atoms. The van der Waals surface area contributed by atoms with Gasteiger partial charge in [-0.25, -0.2) is 4.98 Å². The van der Waals surface area contributed by atoms with Crippen molar-refractivity contribution in [2.45, 2.75) is 13.3 Å². The molecule has 3 rings (SSSR count). The van der Waals surface area contributed by atoms with Crippen molar-refractivity contribution >= 4 is 17.7 Å². The minimum atomic E-state index is -0.260. The summed E-state index contributed by atoms with van der Waals surface area (Å²) in [5, 5.41) is 2.82. The van der Waals surface area contributed by atoms with E-state index in [-0.39, 0.29) is 11.5 Å². The van der Waals surface area contributed by atoms with E-state index in [1.54, 1.807) is 31.4 Å². The Hall–Kier alpha value is -3.67. The summed E-state index contributed by atoms with van der Waals surface area (Å²) in [6, 6.07) is 16.1. The van der Waals surface area contributed by atoms with Gasteiger partial charge in [-0.05, 0) is 42.3 Å². The number of nitrogens with one attached hydrogen (secondary N) is 2. The number of aromatic nitrogens is 2. The third-order valence-corrected chi connectivity index (χ3v) is 4.08. The molecule has 0 aliphatic heterocycles. The summed E-state index contributed by atoms with van der Waals surface area (Å²) in [4.78, 5) is 31.2. The van der Waals surface area contributed by atoms with Crippen molar-refractivity contribution in [1.29, 1.82) is 0 Å². The summed E-state index contributed by atoms with van der Waals surface area (Å²) in [5.41, 5.74) is 2.72.